The van der Waals surface area contributed by atoms with Crippen LogP contribution in [0.2, 0.25) is 0 Å². The Bertz CT molecular complexity index is 1010. The molecule has 2 aliphatic rings. The molecule has 0 aliphatic carbocycles. The predicted octanol–water partition coefficient (Wildman–Crippen LogP) is 2.55. The number of imidazole rings is 1. The number of rotatable bonds is 5. The average molecular weight is 419 g/mol. The van der Waals surface area contributed by atoms with E-state index in [1.54, 1.807) is 16.4 Å². The Balaban J connectivity index is 1.52. The van der Waals surface area contributed by atoms with Crippen molar-refractivity contribution in [2.24, 2.45) is 13.0 Å². The summed E-state index contributed by atoms with van der Waals surface area (Å²) in [6.07, 6.45) is 4.99. The van der Waals surface area contributed by atoms with Crippen LogP contribution in [-0.2, 0) is 28.3 Å². The zero-order valence-corrected chi connectivity index (χ0v) is 18.1. The van der Waals surface area contributed by atoms with Gasteiger partial charge in [-0.3, -0.25) is 4.79 Å². The van der Waals surface area contributed by atoms with E-state index in [1.165, 1.54) is 0 Å². The molecule has 2 aliphatic heterocycles. The number of fused-ring (bicyclic) bond motifs is 1. The molecule has 7 nitrogen and oxygen atoms in total. The number of carbonyl (C=O) groups is 1. The lowest BCUT2D eigenvalue weighted by Gasteiger charge is -2.25. The van der Waals surface area contributed by atoms with Gasteiger partial charge in [0.05, 0.1) is 15.9 Å². The van der Waals surface area contributed by atoms with Crippen LogP contribution in [0.5, 0.6) is 0 Å². The van der Waals surface area contributed by atoms with E-state index in [0.717, 1.165) is 50.1 Å². The number of carbonyl (C=O) groups excluding carboxylic acids is 1. The average Bonchev–Trinajstić information content (AvgIpc) is 3.30. The number of aromatic nitrogens is 2. The fraction of sp³-hybridized carbons (Fsp3) is 0.619. The molecule has 2 saturated heterocycles. The Morgan fingerprint density at radius 1 is 1.17 bits per heavy atom. The minimum absolute atomic E-state index is 0.176. The maximum Gasteiger partial charge on any atom is 0.243 e. The summed E-state index contributed by atoms with van der Waals surface area (Å²) < 4.78 is 29.5. The second kappa shape index (κ2) is 8.07. The Morgan fingerprint density at radius 2 is 1.93 bits per heavy atom. The minimum Gasteiger partial charge on any atom is -0.342 e. The highest BCUT2D eigenvalue weighted by molar-refractivity contribution is 7.89. The lowest BCUT2D eigenvalue weighted by molar-refractivity contribution is -0.130. The number of hydrogen-bond acceptors (Lipinski definition) is 4. The molecule has 1 atom stereocenters. The van der Waals surface area contributed by atoms with Gasteiger partial charge >= 0.3 is 0 Å². The van der Waals surface area contributed by atoms with Crippen molar-refractivity contribution in [2.45, 2.75) is 50.3 Å². The molecular weight excluding hydrogens is 388 g/mol. The van der Waals surface area contributed by atoms with E-state index in [4.69, 9.17) is 0 Å². The fourth-order valence-electron chi connectivity index (χ4n) is 4.41. The molecule has 8 heteroatoms. The van der Waals surface area contributed by atoms with E-state index in [-0.39, 0.29) is 5.91 Å². The molecule has 1 aromatic carbocycles. The molecule has 0 saturated carbocycles. The van der Waals surface area contributed by atoms with Gasteiger partial charge < -0.3 is 9.47 Å². The standard InChI is InChI=1S/C21H30N4O3S/c1-16-10-13-24(15-16)21(26)9-8-20-22-18-14-17(6-7-19(18)23(20)2)29(27,28)25-11-4-3-5-12-25/h6-7,14,16H,3-5,8-13,15H2,1-2H3. The zero-order chi connectivity index (χ0) is 20.6. The van der Waals surface area contributed by atoms with Crippen LogP contribution in [0.1, 0.15) is 44.9 Å². The van der Waals surface area contributed by atoms with Crippen LogP contribution >= 0.6 is 0 Å². The molecule has 2 aromatic rings. The number of benzene rings is 1. The Labute approximate surface area is 172 Å². The highest BCUT2D eigenvalue weighted by Gasteiger charge is 2.27. The van der Waals surface area contributed by atoms with Crippen molar-refractivity contribution >= 4 is 27.0 Å². The van der Waals surface area contributed by atoms with Crippen LogP contribution in [0.3, 0.4) is 0 Å². The molecule has 0 bridgehead atoms. The number of sulfonamides is 1. The summed E-state index contributed by atoms with van der Waals surface area (Å²) in [7, 11) is -1.55. The summed E-state index contributed by atoms with van der Waals surface area (Å²) in [4.78, 5) is 19.4. The first-order chi connectivity index (χ1) is 13.9. The minimum atomic E-state index is -3.48. The van der Waals surface area contributed by atoms with Gasteiger partial charge in [-0.1, -0.05) is 13.3 Å². The van der Waals surface area contributed by atoms with Crippen molar-refractivity contribution in [3.63, 3.8) is 0 Å². The van der Waals surface area contributed by atoms with Crippen molar-refractivity contribution in [3.8, 4) is 0 Å². The van der Waals surface area contributed by atoms with Crippen molar-refractivity contribution < 1.29 is 13.2 Å². The van der Waals surface area contributed by atoms with Crippen LogP contribution in [0.15, 0.2) is 23.1 Å². The third-order valence-electron chi connectivity index (χ3n) is 6.24. The number of amides is 1. The molecule has 0 spiro atoms. The second-order valence-corrected chi connectivity index (χ2v) is 10.4. The summed E-state index contributed by atoms with van der Waals surface area (Å²) in [5.74, 6) is 1.57. The quantitative estimate of drug-likeness (QED) is 0.748. The van der Waals surface area contributed by atoms with E-state index in [9.17, 15) is 13.2 Å². The molecule has 1 amide bonds. The summed E-state index contributed by atoms with van der Waals surface area (Å²) in [6.45, 7) is 5.05. The van der Waals surface area contributed by atoms with Crippen molar-refractivity contribution in [3.05, 3.63) is 24.0 Å². The number of nitrogens with zero attached hydrogens (tertiary/aromatic N) is 4. The third-order valence-corrected chi connectivity index (χ3v) is 8.13. The molecule has 1 aromatic heterocycles. The molecule has 0 N–H and O–H groups in total. The van der Waals surface area contributed by atoms with Crippen LogP contribution in [0.25, 0.3) is 11.0 Å². The topological polar surface area (TPSA) is 75.5 Å². The Hall–Kier alpha value is -1.93. The Kier molecular flexibility index (Phi) is 5.66. The SMILES string of the molecule is CC1CCN(C(=O)CCc2nc3cc(S(=O)(=O)N4CCCCC4)ccc3n2C)C1. The van der Waals surface area contributed by atoms with Crippen LogP contribution in [0.4, 0.5) is 0 Å². The normalized spacial score (nSPS) is 21.2. The van der Waals surface area contributed by atoms with Crippen LogP contribution < -0.4 is 0 Å². The largest absolute Gasteiger partial charge is 0.342 e. The second-order valence-electron chi connectivity index (χ2n) is 8.44. The predicted molar refractivity (Wildman–Crippen MR) is 112 cm³/mol. The van der Waals surface area contributed by atoms with E-state index < -0.39 is 10.0 Å². The molecule has 0 radical (unpaired) electrons. The summed E-state index contributed by atoms with van der Waals surface area (Å²) in [5, 5.41) is 0. The molecule has 29 heavy (non-hydrogen) atoms. The summed E-state index contributed by atoms with van der Waals surface area (Å²) in [6, 6.07) is 5.17. The molecular formula is C21H30N4O3S. The number of hydrogen-bond donors (Lipinski definition) is 0. The van der Waals surface area contributed by atoms with E-state index in [2.05, 4.69) is 11.9 Å². The first kappa shape index (κ1) is 20.3. The van der Waals surface area contributed by atoms with Crippen LogP contribution in [0, 0.1) is 5.92 Å². The van der Waals surface area contributed by atoms with Crippen LogP contribution in [-0.4, -0.2) is 59.3 Å². The van der Waals surface area contributed by atoms with E-state index in [0.29, 0.717) is 42.3 Å². The van der Waals surface area contributed by atoms with Gasteiger partial charge in [0.25, 0.3) is 0 Å². The lowest BCUT2D eigenvalue weighted by Crippen LogP contribution is -2.35. The fourth-order valence-corrected chi connectivity index (χ4v) is 5.94. The lowest BCUT2D eigenvalue weighted by atomic mass is 10.2. The maximum absolute atomic E-state index is 13.0. The number of likely N-dealkylation sites (tertiary alicyclic amines) is 1. The Morgan fingerprint density at radius 3 is 2.62 bits per heavy atom. The first-order valence-electron chi connectivity index (χ1n) is 10.6. The highest BCUT2D eigenvalue weighted by Crippen LogP contribution is 2.25. The van der Waals surface area contributed by atoms with Crippen molar-refractivity contribution in [1.82, 2.24) is 18.8 Å². The van der Waals surface area contributed by atoms with E-state index >= 15 is 0 Å². The van der Waals surface area contributed by atoms with Gasteiger partial charge in [-0.25, -0.2) is 13.4 Å². The smallest absolute Gasteiger partial charge is 0.243 e. The zero-order valence-electron chi connectivity index (χ0n) is 17.3. The van der Waals surface area contributed by atoms with E-state index in [1.807, 2.05) is 22.6 Å². The summed E-state index contributed by atoms with van der Waals surface area (Å²) in [5.41, 5.74) is 1.56. The van der Waals surface area contributed by atoms with Gasteiger partial charge in [0, 0.05) is 46.1 Å². The van der Waals surface area contributed by atoms with Gasteiger partial charge in [0.15, 0.2) is 0 Å². The first-order valence-corrected chi connectivity index (χ1v) is 12.0. The van der Waals surface area contributed by atoms with Gasteiger partial charge in [-0.05, 0) is 43.4 Å². The summed E-state index contributed by atoms with van der Waals surface area (Å²) >= 11 is 0. The number of piperidine rings is 1. The molecule has 158 valence electrons. The molecule has 2 fully saturated rings. The van der Waals surface area contributed by atoms with Crippen molar-refractivity contribution in [2.75, 3.05) is 26.2 Å². The van der Waals surface area contributed by atoms with Crippen molar-refractivity contribution in [1.29, 1.82) is 0 Å². The van der Waals surface area contributed by atoms with Gasteiger partial charge in [-0.15, -0.1) is 0 Å². The molecule has 3 heterocycles. The van der Waals surface area contributed by atoms with Gasteiger partial charge in [-0.2, -0.15) is 4.31 Å². The van der Waals surface area contributed by atoms with Gasteiger partial charge in [0.2, 0.25) is 15.9 Å². The monoisotopic (exact) mass is 418 g/mol. The number of aryl methyl sites for hydroxylation is 2. The van der Waals surface area contributed by atoms with Gasteiger partial charge in [0.1, 0.15) is 5.82 Å². The maximum atomic E-state index is 13.0. The molecule has 1 unspecified atom stereocenters. The third kappa shape index (κ3) is 4.05. The highest BCUT2D eigenvalue weighted by atomic mass is 32.2. The molecule has 4 rings (SSSR count).